The van der Waals surface area contributed by atoms with Gasteiger partial charge >= 0.3 is 12.1 Å². The van der Waals surface area contributed by atoms with Crippen molar-refractivity contribution >= 4 is 28.8 Å². The van der Waals surface area contributed by atoms with Crippen LogP contribution in [0.2, 0.25) is 0 Å². The quantitative estimate of drug-likeness (QED) is 0.151. The standard InChI is InChI=1S/C23H24F4N2O3S/c1-3-31-11-5-10-29-20-9-6-15(21(30)32-4-2)13-19(20)28-22(29)33-14-16-12-17(23(25,26)27)7-8-18(16)24/h6-9,12-13H,3-5,10-11,14H2,1-2H3. The van der Waals surface area contributed by atoms with Crippen molar-refractivity contribution in [3.05, 3.63) is 58.9 Å². The number of halogens is 4. The van der Waals surface area contributed by atoms with Crippen LogP contribution in [0.3, 0.4) is 0 Å². The van der Waals surface area contributed by atoms with Crippen LogP contribution in [0.25, 0.3) is 11.0 Å². The molecule has 178 valence electrons. The molecule has 0 atom stereocenters. The molecule has 1 aromatic heterocycles. The van der Waals surface area contributed by atoms with Gasteiger partial charge in [0.2, 0.25) is 0 Å². The fraction of sp³-hybridized carbons (Fsp3) is 0.391. The maximum absolute atomic E-state index is 14.2. The lowest BCUT2D eigenvalue weighted by molar-refractivity contribution is -0.137. The van der Waals surface area contributed by atoms with E-state index in [1.807, 2.05) is 11.5 Å². The zero-order valence-electron chi connectivity index (χ0n) is 18.2. The molecule has 1 heterocycles. The van der Waals surface area contributed by atoms with Gasteiger partial charge in [-0.3, -0.25) is 0 Å². The first-order chi connectivity index (χ1) is 15.7. The highest BCUT2D eigenvalue weighted by atomic mass is 32.2. The Labute approximate surface area is 193 Å². The number of hydrogen-bond donors (Lipinski definition) is 0. The summed E-state index contributed by atoms with van der Waals surface area (Å²) in [5, 5.41) is 0.513. The summed E-state index contributed by atoms with van der Waals surface area (Å²) < 4.78 is 65.6. The number of imidazole rings is 1. The van der Waals surface area contributed by atoms with E-state index >= 15 is 0 Å². The van der Waals surface area contributed by atoms with Crippen molar-refractivity contribution in [1.29, 1.82) is 0 Å². The van der Waals surface area contributed by atoms with Gasteiger partial charge in [-0.25, -0.2) is 14.2 Å². The number of aryl methyl sites for hydroxylation is 1. The molecule has 0 saturated carbocycles. The normalized spacial score (nSPS) is 11.8. The number of rotatable bonds is 10. The minimum atomic E-state index is -4.55. The highest BCUT2D eigenvalue weighted by Crippen LogP contribution is 2.33. The van der Waals surface area contributed by atoms with Crippen LogP contribution in [0, 0.1) is 5.82 Å². The summed E-state index contributed by atoms with van der Waals surface area (Å²) in [6, 6.07) is 7.38. The average molecular weight is 485 g/mol. The highest BCUT2D eigenvalue weighted by Gasteiger charge is 2.31. The van der Waals surface area contributed by atoms with E-state index in [1.54, 1.807) is 25.1 Å². The minimum Gasteiger partial charge on any atom is -0.462 e. The topological polar surface area (TPSA) is 53.4 Å². The second-order valence-electron chi connectivity index (χ2n) is 7.11. The number of ether oxygens (including phenoxy) is 2. The van der Waals surface area contributed by atoms with E-state index in [1.165, 1.54) is 0 Å². The second kappa shape index (κ2) is 11.0. The van der Waals surface area contributed by atoms with Crippen LogP contribution in [-0.2, 0) is 27.9 Å². The number of alkyl halides is 3. The summed E-state index contributed by atoms with van der Waals surface area (Å²) in [5.74, 6) is -1.21. The van der Waals surface area contributed by atoms with Crippen molar-refractivity contribution in [3.8, 4) is 0 Å². The molecule has 0 fully saturated rings. The van der Waals surface area contributed by atoms with E-state index in [4.69, 9.17) is 9.47 Å². The molecule has 0 unspecified atom stereocenters. The lowest BCUT2D eigenvalue weighted by Gasteiger charge is -2.11. The summed E-state index contributed by atoms with van der Waals surface area (Å²) in [7, 11) is 0. The van der Waals surface area contributed by atoms with E-state index in [0.29, 0.717) is 42.4 Å². The number of carbonyl (C=O) groups is 1. The average Bonchev–Trinajstić information content (AvgIpc) is 3.12. The van der Waals surface area contributed by atoms with Crippen LogP contribution >= 0.6 is 11.8 Å². The Morgan fingerprint density at radius 1 is 1.12 bits per heavy atom. The molecule has 0 aliphatic carbocycles. The summed E-state index contributed by atoms with van der Waals surface area (Å²) >= 11 is 1.14. The van der Waals surface area contributed by atoms with Gasteiger partial charge in [0.05, 0.1) is 28.8 Å². The smallest absolute Gasteiger partial charge is 0.416 e. The monoisotopic (exact) mass is 484 g/mol. The third-order valence-corrected chi connectivity index (χ3v) is 5.85. The van der Waals surface area contributed by atoms with Gasteiger partial charge in [0, 0.05) is 25.5 Å². The van der Waals surface area contributed by atoms with Gasteiger partial charge in [0.25, 0.3) is 0 Å². The third-order valence-electron chi connectivity index (χ3n) is 4.83. The van der Waals surface area contributed by atoms with Gasteiger partial charge in [-0.05, 0) is 62.2 Å². The second-order valence-corrected chi connectivity index (χ2v) is 8.06. The molecule has 3 aromatic rings. The van der Waals surface area contributed by atoms with Gasteiger partial charge in [-0.15, -0.1) is 0 Å². The number of nitrogens with zero attached hydrogens (tertiary/aromatic N) is 2. The number of thioether (sulfide) groups is 1. The molecule has 33 heavy (non-hydrogen) atoms. The molecule has 0 radical (unpaired) electrons. The predicted octanol–water partition coefficient (Wildman–Crippen LogP) is 6.09. The van der Waals surface area contributed by atoms with Crippen LogP contribution in [-0.4, -0.2) is 35.3 Å². The maximum Gasteiger partial charge on any atom is 0.416 e. The van der Waals surface area contributed by atoms with Crippen LogP contribution in [0.5, 0.6) is 0 Å². The van der Waals surface area contributed by atoms with Crippen molar-refractivity contribution in [1.82, 2.24) is 9.55 Å². The van der Waals surface area contributed by atoms with E-state index in [2.05, 4.69) is 4.98 Å². The Hall–Kier alpha value is -2.59. The highest BCUT2D eigenvalue weighted by molar-refractivity contribution is 7.98. The number of benzene rings is 2. The van der Waals surface area contributed by atoms with Crippen molar-refractivity contribution in [3.63, 3.8) is 0 Å². The summed E-state index contributed by atoms with van der Waals surface area (Å²) in [4.78, 5) is 16.6. The first-order valence-electron chi connectivity index (χ1n) is 10.5. The van der Waals surface area contributed by atoms with E-state index in [0.717, 1.165) is 35.5 Å². The van der Waals surface area contributed by atoms with Crippen LogP contribution in [0.15, 0.2) is 41.6 Å². The third kappa shape index (κ3) is 6.26. The van der Waals surface area contributed by atoms with Crippen molar-refractivity contribution < 1.29 is 31.8 Å². The van der Waals surface area contributed by atoms with Gasteiger partial charge < -0.3 is 14.0 Å². The molecule has 0 bridgehead atoms. The Balaban J connectivity index is 1.90. The number of esters is 1. The number of fused-ring (bicyclic) bond motifs is 1. The molecule has 0 amide bonds. The summed E-state index contributed by atoms with van der Waals surface area (Å²) in [5.41, 5.74) is 0.693. The zero-order valence-corrected chi connectivity index (χ0v) is 19.1. The first-order valence-corrected chi connectivity index (χ1v) is 11.5. The lowest BCUT2D eigenvalue weighted by atomic mass is 10.1. The van der Waals surface area contributed by atoms with Gasteiger partial charge in [0.15, 0.2) is 5.16 Å². The van der Waals surface area contributed by atoms with Gasteiger partial charge in [0.1, 0.15) is 5.82 Å². The van der Waals surface area contributed by atoms with Crippen LogP contribution in [0.4, 0.5) is 17.6 Å². The molecule has 10 heteroatoms. The molecule has 0 saturated heterocycles. The van der Waals surface area contributed by atoms with Crippen molar-refractivity contribution in [2.75, 3.05) is 19.8 Å². The van der Waals surface area contributed by atoms with E-state index in [-0.39, 0.29) is 17.9 Å². The van der Waals surface area contributed by atoms with Crippen LogP contribution in [0.1, 0.15) is 41.8 Å². The van der Waals surface area contributed by atoms with Crippen LogP contribution < -0.4 is 0 Å². The molecule has 3 rings (SSSR count). The maximum atomic E-state index is 14.2. The van der Waals surface area contributed by atoms with E-state index < -0.39 is 23.5 Å². The summed E-state index contributed by atoms with van der Waals surface area (Å²) in [6.07, 6.45) is -3.87. The summed E-state index contributed by atoms with van der Waals surface area (Å²) in [6.45, 7) is 5.52. The molecule has 2 aromatic carbocycles. The fourth-order valence-electron chi connectivity index (χ4n) is 3.25. The molecule has 5 nitrogen and oxygen atoms in total. The zero-order chi connectivity index (χ0) is 24.0. The largest absolute Gasteiger partial charge is 0.462 e. The number of aromatic nitrogens is 2. The molecule has 0 aliphatic heterocycles. The lowest BCUT2D eigenvalue weighted by Crippen LogP contribution is -2.07. The van der Waals surface area contributed by atoms with Crippen molar-refractivity contribution in [2.24, 2.45) is 0 Å². The fourth-order valence-corrected chi connectivity index (χ4v) is 4.26. The molecule has 0 spiro atoms. The Kier molecular flexibility index (Phi) is 8.36. The van der Waals surface area contributed by atoms with E-state index in [9.17, 15) is 22.4 Å². The van der Waals surface area contributed by atoms with Crippen molar-refractivity contribution in [2.45, 2.75) is 43.9 Å². The Bertz CT molecular complexity index is 1120. The van der Waals surface area contributed by atoms with Gasteiger partial charge in [-0.2, -0.15) is 13.2 Å². The molecular formula is C23H24F4N2O3S. The predicted molar refractivity (Wildman–Crippen MR) is 118 cm³/mol. The Morgan fingerprint density at radius 2 is 1.91 bits per heavy atom. The SMILES string of the molecule is CCOCCCn1c(SCc2cc(C(F)(F)F)ccc2F)nc2cc(C(=O)OCC)ccc21. The Morgan fingerprint density at radius 3 is 2.61 bits per heavy atom. The minimum absolute atomic E-state index is 0.0325. The molecule has 0 N–H and O–H groups in total. The number of carbonyl (C=O) groups excluding carboxylic acids is 1. The first kappa shape index (κ1) is 25.0. The molecule has 0 aliphatic rings. The number of hydrogen-bond acceptors (Lipinski definition) is 5. The molecular weight excluding hydrogens is 460 g/mol. The van der Waals surface area contributed by atoms with Gasteiger partial charge in [-0.1, -0.05) is 11.8 Å².